The molecule has 0 spiro atoms. The molecule has 1 N–H and O–H groups in total. The Kier molecular flexibility index (Phi) is 3.33. The molecule has 1 aromatic heterocycles. The van der Waals surface area contributed by atoms with Crippen LogP contribution < -0.4 is 5.32 Å². The summed E-state index contributed by atoms with van der Waals surface area (Å²) in [6.45, 7) is 3.44. The molecule has 1 atom stereocenters. The molecule has 3 rings (SSSR count). The third-order valence-electron chi connectivity index (χ3n) is 3.77. The van der Waals surface area contributed by atoms with Gasteiger partial charge in [0, 0.05) is 12.1 Å². The van der Waals surface area contributed by atoms with Gasteiger partial charge in [-0.2, -0.15) is 0 Å². The van der Waals surface area contributed by atoms with Crippen LogP contribution in [0.15, 0.2) is 30.6 Å². The minimum Gasteiger partial charge on any atom is -0.328 e. The molecule has 3 nitrogen and oxygen atoms in total. The molecule has 96 valence electrons. The maximum absolute atomic E-state index is 4.45. The molecule has 1 fully saturated rings. The number of fused-ring (bicyclic) bond motifs is 1. The molecule has 2 aromatic rings. The topological polar surface area (TPSA) is 29.9 Å². The number of hydrogen-bond acceptors (Lipinski definition) is 2. The first-order valence-corrected chi connectivity index (χ1v) is 6.99. The number of rotatable bonds is 6. The van der Waals surface area contributed by atoms with Crippen LogP contribution in [0.25, 0.3) is 11.0 Å². The summed E-state index contributed by atoms with van der Waals surface area (Å²) in [5.74, 6) is 0. The van der Waals surface area contributed by atoms with Crippen LogP contribution in [0.3, 0.4) is 0 Å². The fourth-order valence-electron chi connectivity index (χ4n) is 2.46. The molecular weight excluding hydrogens is 222 g/mol. The van der Waals surface area contributed by atoms with E-state index in [-0.39, 0.29) is 0 Å². The number of benzene rings is 1. The minimum absolute atomic E-state index is 0.526. The van der Waals surface area contributed by atoms with E-state index in [0.717, 1.165) is 18.1 Å². The third-order valence-corrected chi connectivity index (χ3v) is 3.77. The molecule has 1 aromatic carbocycles. The van der Waals surface area contributed by atoms with Crippen LogP contribution >= 0.6 is 0 Å². The van der Waals surface area contributed by atoms with Crippen LogP contribution in [0.4, 0.5) is 0 Å². The Balaban J connectivity index is 1.58. The second-order valence-electron chi connectivity index (χ2n) is 5.36. The number of aromatic nitrogens is 2. The summed E-state index contributed by atoms with van der Waals surface area (Å²) in [6, 6.07) is 9.72. The van der Waals surface area contributed by atoms with Crippen molar-refractivity contribution in [3.05, 3.63) is 30.6 Å². The zero-order valence-electron chi connectivity index (χ0n) is 11.0. The standard InChI is InChI=1S/C15H21N3/c1-12(5-4-10-16-13-8-9-13)18-11-17-14-6-2-3-7-15(14)18/h2-3,6-7,11-13,16H,4-5,8-10H2,1H3. The Labute approximate surface area is 108 Å². The molecule has 0 amide bonds. The van der Waals surface area contributed by atoms with Gasteiger partial charge in [0.2, 0.25) is 0 Å². The minimum atomic E-state index is 0.526. The van der Waals surface area contributed by atoms with Crippen LogP contribution in [0, 0.1) is 0 Å². The van der Waals surface area contributed by atoms with E-state index in [2.05, 4.69) is 40.0 Å². The van der Waals surface area contributed by atoms with E-state index in [1.807, 2.05) is 12.4 Å². The smallest absolute Gasteiger partial charge is 0.0960 e. The second-order valence-corrected chi connectivity index (χ2v) is 5.36. The van der Waals surface area contributed by atoms with Gasteiger partial charge in [0.25, 0.3) is 0 Å². The van der Waals surface area contributed by atoms with Gasteiger partial charge in [0.15, 0.2) is 0 Å². The normalized spacial score (nSPS) is 17.2. The zero-order chi connectivity index (χ0) is 12.4. The van der Waals surface area contributed by atoms with Gasteiger partial charge in [-0.25, -0.2) is 4.98 Å². The van der Waals surface area contributed by atoms with Gasteiger partial charge >= 0.3 is 0 Å². The van der Waals surface area contributed by atoms with Crippen LogP contribution in [-0.2, 0) is 0 Å². The summed E-state index contributed by atoms with van der Waals surface area (Å²) in [5, 5.41) is 3.57. The molecule has 0 aliphatic heterocycles. The summed E-state index contributed by atoms with van der Waals surface area (Å²) in [6.07, 6.45) is 7.18. The van der Waals surface area contributed by atoms with Crippen molar-refractivity contribution in [2.75, 3.05) is 6.54 Å². The first-order chi connectivity index (χ1) is 8.84. The Morgan fingerprint density at radius 3 is 3.06 bits per heavy atom. The molecule has 1 aliphatic carbocycles. The molecule has 1 saturated carbocycles. The van der Waals surface area contributed by atoms with Crippen molar-refractivity contribution < 1.29 is 0 Å². The van der Waals surface area contributed by atoms with E-state index >= 15 is 0 Å². The van der Waals surface area contributed by atoms with Gasteiger partial charge in [-0.15, -0.1) is 0 Å². The van der Waals surface area contributed by atoms with Gasteiger partial charge < -0.3 is 9.88 Å². The number of para-hydroxylation sites is 2. The van der Waals surface area contributed by atoms with Gasteiger partial charge in [-0.05, 0) is 51.3 Å². The Hall–Kier alpha value is -1.35. The molecule has 1 aliphatic rings. The first kappa shape index (κ1) is 11.7. The van der Waals surface area contributed by atoms with Crippen LogP contribution in [-0.4, -0.2) is 22.1 Å². The Bertz CT molecular complexity index is 513. The number of nitrogens with one attached hydrogen (secondary N) is 1. The van der Waals surface area contributed by atoms with E-state index in [9.17, 15) is 0 Å². The van der Waals surface area contributed by atoms with Crippen molar-refractivity contribution in [2.45, 2.75) is 44.7 Å². The third kappa shape index (κ3) is 2.56. The zero-order valence-corrected chi connectivity index (χ0v) is 11.0. The summed E-state index contributed by atoms with van der Waals surface area (Å²) in [7, 11) is 0. The van der Waals surface area contributed by atoms with Gasteiger partial charge in [0.1, 0.15) is 0 Å². The lowest BCUT2D eigenvalue weighted by atomic mass is 10.1. The largest absolute Gasteiger partial charge is 0.328 e. The predicted octanol–water partition coefficient (Wildman–Crippen LogP) is 3.13. The lowest BCUT2D eigenvalue weighted by Gasteiger charge is -2.14. The van der Waals surface area contributed by atoms with E-state index in [4.69, 9.17) is 0 Å². The Morgan fingerprint density at radius 2 is 2.22 bits per heavy atom. The van der Waals surface area contributed by atoms with Gasteiger partial charge in [0.05, 0.1) is 17.4 Å². The molecule has 1 heterocycles. The molecule has 0 saturated heterocycles. The SMILES string of the molecule is CC(CCCNC1CC1)n1cnc2ccccc21. The highest BCUT2D eigenvalue weighted by Gasteiger charge is 2.19. The Morgan fingerprint density at radius 1 is 1.39 bits per heavy atom. The lowest BCUT2D eigenvalue weighted by molar-refractivity contribution is 0.484. The van der Waals surface area contributed by atoms with Crippen molar-refractivity contribution in [3.8, 4) is 0 Å². The highest BCUT2D eigenvalue weighted by atomic mass is 15.1. The van der Waals surface area contributed by atoms with Gasteiger partial charge in [-0.1, -0.05) is 12.1 Å². The van der Waals surface area contributed by atoms with Crippen LogP contribution in [0.1, 0.15) is 38.6 Å². The van der Waals surface area contributed by atoms with Crippen molar-refractivity contribution in [2.24, 2.45) is 0 Å². The van der Waals surface area contributed by atoms with Crippen molar-refractivity contribution in [1.29, 1.82) is 0 Å². The van der Waals surface area contributed by atoms with Gasteiger partial charge in [-0.3, -0.25) is 0 Å². The van der Waals surface area contributed by atoms with E-state index in [0.29, 0.717) is 6.04 Å². The molecule has 1 unspecified atom stereocenters. The molecular formula is C15H21N3. The first-order valence-electron chi connectivity index (χ1n) is 6.99. The summed E-state index contributed by atoms with van der Waals surface area (Å²) in [4.78, 5) is 4.45. The highest BCUT2D eigenvalue weighted by molar-refractivity contribution is 5.75. The summed E-state index contributed by atoms with van der Waals surface area (Å²) in [5.41, 5.74) is 2.35. The average Bonchev–Trinajstić information content (AvgIpc) is 3.11. The monoisotopic (exact) mass is 243 g/mol. The summed E-state index contributed by atoms with van der Waals surface area (Å²) >= 11 is 0. The van der Waals surface area contributed by atoms with E-state index < -0.39 is 0 Å². The second kappa shape index (κ2) is 5.11. The quantitative estimate of drug-likeness (QED) is 0.790. The van der Waals surface area contributed by atoms with Crippen LogP contribution in [0.5, 0.6) is 0 Å². The van der Waals surface area contributed by atoms with Crippen molar-refractivity contribution in [1.82, 2.24) is 14.9 Å². The number of nitrogens with zero attached hydrogens (tertiary/aromatic N) is 2. The average molecular weight is 243 g/mol. The fourth-order valence-corrected chi connectivity index (χ4v) is 2.46. The maximum atomic E-state index is 4.45. The van der Waals surface area contributed by atoms with Crippen molar-refractivity contribution in [3.63, 3.8) is 0 Å². The molecule has 0 radical (unpaired) electrons. The fraction of sp³-hybridized carbons (Fsp3) is 0.533. The maximum Gasteiger partial charge on any atom is 0.0960 e. The summed E-state index contributed by atoms with van der Waals surface area (Å²) < 4.78 is 2.30. The van der Waals surface area contributed by atoms with E-state index in [1.165, 1.54) is 31.2 Å². The predicted molar refractivity (Wildman–Crippen MR) is 74.7 cm³/mol. The highest BCUT2D eigenvalue weighted by Crippen LogP contribution is 2.21. The number of hydrogen-bond donors (Lipinski definition) is 1. The van der Waals surface area contributed by atoms with Crippen molar-refractivity contribution >= 4 is 11.0 Å². The molecule has 3 heteroatoms. The van der Waals surface area contributed by atoms with E-state index in [1.54, 1.807) is 0 Å². The molecule has 0 bridgehead atoms. The molecule has 18 heavy (non-hydrogen) atoms. The number of imidazole rings is 1. The lowest BCUT2D eigenvalue weighted by Crippen LogP contribution is -2.18. The van der Waals surface area contributed by atoms with Crippen LogP contribution in [0.2, 0.25) is 0 Å².